The molecule has 4 heteroatoms. The predicted molar refractivity (Wildman–Crippen MR) is 74.0 cm³/mol. The Labute approximate surface area is 116 Å². The lowest BCUT2D eigenvalue weighted by molar-refractivity contribution is -0.0103. The molecule has 0 saturated carbocycles. The molecule has 0 amide bonds. The first-order chi connectivity index (χ1) is 8.49. The van der Waals surface area contributed by atoms with Crippen molar-refractivity contribution >= 4 is 15.9 Å². The molecule has 1 aromatic carbocycles. The molecule has 2 unspecified atom stereocenters. The molecule has 1 aromatic rings. The Balaban J connectivity index is 2.10. The van der Waals surface area contributed by atoms with Crippen LogP contribution in [0.1, 0.15) is 25.3 Å². The zero-order valence-corrected chi connectivity index (χ0v) is 12.1. The number of halogens is 2. The molecule has 1 saturated heterocycles. The van der Waals surface area contributed by atoms with Gasteiger partial charge < -0.3 is 10.4 Å². The second-order valence-corrected chi connectivity index (χ2v) is 6.17. The third-order valence-electron chi connectivity index (χ3n) is 3.74. The van der Waals surface area contributed by atoms with Crippen molar-refractivity contribution in [2.75, 3.05) is 13.1 Å². The molecular weight excluding hydrogens is 297 g/mol. The average molecular weight is 316 g/mol. The molecule has 0 aromatic heterocycles. The summed E-state index contributed by atoms with van der Waals surface area (Å²) >= 11 is 3.36. The SMILES string of the molecule is CC(O)(Cc1ccc(F)cc1Br)C1CCCNC1. The lowest BCUT2D eigenvalue weighted by Gasteiger charge is -2.36. The molecule has 1 aliphatic rings. The van der Waals surface area contributed by atoms with Crippen molar-refractivity contribution in [3.05, 3.63) is 34.1 Å². The molecule has 0 spiro atoms. The minimum absolute atomic E-state index is 0.253. The smallest absolute Gasteiger partial charge is 0.124 e. The molecule has 100 valence electrons. The van der Waals surface area contributed by atoms with Crippen LogP contribution in [0, 0.1) is 11.7 Å². The van der Waals surface area contributed by atoms with Crippen LogP contribution >= 0.6 is 15.9 Å². The van der Waals surface area contributed by atoms with Gasteiger partial charge in [-0.15, -0.1) is 0 Å². The van der Waals surface area contributed by atoms with Crippen LogP contribution < -0.4 is 5.32 Å². The summed E-state index contributed by atoms with van der Waals surface area (Å²) < 4.78 is 13.8. The lowest BCUT2D eigenvalue weighted by Crippen LogP contribution is -2.45. The van der Waals surface area contributed by atoms with Crippen molar-refractivity contribution < 1.29 is 9.50 Å². The van der Waals surface area contributed by atoms with Gasteiger partial charge in [-0.3, -0.25) is 0 Å². The molecule has 1 aliphatic heterocycles. The van der Waals surface area contributed by atoms with Gasteiger partial charge in [0.25, 0.3) is 0 Å². The number of nitrogens with one attached hydrogen (secondary N) is 1. The van der Waals surface area contributed by atoms with E-state index in [0.29, 0.717) is 6.42 Å². The normalized spacial score (nSPS) is 23.7. The van der Waals surface area contributed by atoms with Gasteiger partial charge in [-0.25, -0.2) is 4.39 Å². The van der Waals surface area contributed by atoms with Crippen LogP contribution in [0.4, 0.5) is 4.39 Å². The highest BCUT2D eigenvalue weighted by Crippen LogP contribution is 2.30. The van der Waals surface area contributed by atoms with Gasteiger partial charge in [0.2, 0.25) is 0 Å². The minimum atomic E-state index is -0.756. The Kier molecular flexibility index (Phi) is 4.41. The van der Waals surface area contributed by atoms with E-state index in [1.165, 1.54) is 12.1 Å². The Hall–Kier alpha value is -0.450. The number of piperidine rings is 1. The highest BCUT2D eigenvalue weighted by molar-refractivity contribution is 9.10. The second-order valence-electron chi connectivity index (χ2n) is 5.31. The predicted octanol–water partition coefficient (Wildman–Crippen LogP) is 2.88. The van der Waals surface area contributed by atoms with Gasteiger partial charge in [0.1, 0.15) is 5.82 Å². The van der Waals surface area contributed by atoms with E-state index < -0.39 is 5.60 Å². The summed E-state index contributed by atoms with van der Waals surface area (Å²) in [5.41, 5.74) is 0.195. The van der Waals surface area contributed by atoms with E-state index in [2.05, 4.69) is 21.2 Å². The highest BCUT2D eigenvalue weighted by Gasteiger charge is 2.33. The Morgan fingerprint density at radius 2 is 2.33 bits per heavy atom. The Bertz CT molecular complexity index is 416. The van der Waals surface area contributed by atoms with Crippen molar-refractivity contribution in [1.82, 2.24) is 5.32 Å². The molecule has 2 rings (SSSR count). The van der Waals surface area contributed by atoms with Crippen molar-refractivity contribution in [1.29, 1.82) is 0 Å². The van der Waals surface area contributed by atoms with Crippen LogP contribution in [0.5, 0.6) is 0 Å². The molecule has 2 nitrogen and oxygen atoms in total. The van der Waals surface area contributed by atoms with E-state index in [1.54, 1.807) is 6.07 Å². The van der Waals surface area contributed by atoms with E-state index in [1.807, 2.05) is 6.92 Å². The average Bonchev–Trinajstić information content (AvgIpc) is 2.34. The van der Waals surface area contributed by atoms with E-state index >= 15 is 0 Å². The van der Waals surface area contributed by atoms with E-state index in [4.69, 9.17) is 0 Å². The summed E-state index contributed by atoms with van der Waals surface area (Å²) in [6, 6.07) is 4.63. The largest absolute Gasteiger partial charge is 0.389 e. The van der Waals surface area contributed by atoms with E-state index in [9.17, 15) is 9.50 Å². The van der Waals surface area contributed by atoms with Crippen molar-refractivity contribution in [3.8, 4) is 0 Å². The zero-order chi connectivity index (χ0) is 13.2. The van der Waals surface area contributed by atoms with Gasteiger partial charge in [-0.2, -0.15) is 0 Å². The van der Waals surface area contributed by atoms with Crippen LogP contribution in [-0.4, -0.2) is 23.8 Å². The molecular formula is C14H19BrFNO. The molecule has 18 heavy (non-hydrogen) atoms. The monoisotopic (exact) mass is 315 g/mol. The summed E-state index contributed by atoms with van der Waals surface area (Å²) in [5.74, 6) is -0.00666. The maximum atomic E-state index is 13.0. The topological polar surface area (TPSA) is 32.3 Å². The number of aliphatic hydroxyl groups is 1. The number of rotatable bonds is 3. The standard InChI is InChI=1S/C14H19BrFNO/c1-14(18,11-3-2-6-17-9-11)8-10-4-5-12(16)7-13(10)15/h4-5,7,11,17-18H,2-3,6,8-9H2,1H3. The molecule has 1 heterocycles. The van der Waals surface area contributed by atoms with E-state index in [-0.39, 0.29) is 11.7 Å². The summed E-state index contributed by atoms with van der Waals surface area (Å²) in [7, 11) is 0. The molecule has 2 N–H and O–H groups in total. The third-order valence-corrected chi connectivity index (χ3v) is 4.48. The van der Waals surface area contributed by atoms with Crippen molar-refractivity contribution in [3.63, 3.8) is 0 Å². The molecule has 2 atom stereocenters. The first kappa shape index (κ1) is 14.0. The fourth-order valence-electron chi connectivity index (χ4n) is 2.58. The van der Waals surface area contributed by atoms with Crippen LogP contribution in [0.25, 0.3) is 0 Å². The Morgan fingerprint density at radius 1 is 1.56 bits per heavy atom. The van der Waals surface area contributed by atoms with Gasteiger partial charge in [0, 0.05) is 23.4 Å². The van der Waals surface area contributed by atoms with Gasteiger partial charge in [0.15, 0.2) is 0 Å². The maximum absolute atomic E-state index is 13.0. The quantitative estimate of drug-likeness (QED) is 0.899. The van der Waals surface area contributed by atoms with Crippen molar-refractivity contribution in [2.24, 2.45) is 5.92 Å². The molecule has 0 aliphatic carbocycles. The van der Waals surface area contributed by atoms with Gasteiger partial charge >= 0.3 is 0 Å². The minimum Gasteiger partial charge on any atom is -0.389 e. The van der Waals surface area contributed by atoms with Crippen LogP contribution in [0.3, 0.4) is 0 Å². The summed E-state index contributed by atoms with van der Waals surface area (Å²) in [6.07, 6.45) is 2.68. The zero-order valence-electron chi connectivity index (χ0n) is 10.5. The molecule has 0 bridgehead atoms. The van der Waals surface area contributed by atoms with Gasteiger partial charge in [-0.1, -0.05) is 22.0 Å². The number of benzene rings is 1. The Morgan fingerprint density at radius 3 is 2.94 bits per heavy atom. The van der Waals surface area contributed by atoms with E-state index in [0.717, 1.165) is 36.0 Å². The second kappa shape index (κ2) is 5.68. The fourth-order valence-corrected chi connectivity index (χ4v) is 3.07. The number of hydrogen-bond donors (Lipinski definition) is 2. The van der Waals surface area contributed by atoms with Gasteiger partial charge in [-0.05, 0) is 44.0 Å². The first-order valence-corrected chi connectivity index (χ1v) is 7.15. The summed E-state index contributed by atoms with van der Waals surface area (Å²) in [4.78, 5) is 0. The van der Waals surface area contributed by atoms with Crippen molar-refractivity contribution in [2.45, 2.75) is 31.8 Å². The van der Waals surface area contributed by atoms with Gasteiger partial charge in [0.05, 0.1) is 5.60 Å². The molecule has 0 radical (unpaired) electrons. The third kappa shape index (κ3) is 3.31. The fraction of sp³-hybridized carbons (Fsp3) is 0.571. The first-order valence-electron chi connectivity index (χ1n) is 6.36. The molecule has 1 fully saturated rings. The summed E-state index contributed by atoms with van der Waals surface area (Å²) in [6.45, 7) is 3.76. The van der Waals surface area contributed by atoms with Crippen LogP contribution in [-0.2, 0) is 6.42 Å². The van der Waals surface area contributed by atoms with Crippen LogP contribution in [0.15, 0.2) is 22.7 Å². The highest BCUT2D eigenvalue weighted by atomic mass is 79.9. The summed E-state index contributed by atoms with van der Waals surface area (Å²) in [5, 5.41) is 14.0. The maximum Gasteiger partial charge on any atom is 0.124 e. The van der Waals surface area contributed by atoms with Crippen LogP contribution in [0.2, 0.25) is 0 Å². The number of hydrogen-bond acceptors (Lipinski definition) is 2. The lowest BCUT2D eigenvalue weighted by atomic mass is 9.79.